The summed E-state index contributed by atoms with van der Waals surface area (Å²) in [5, 5.41) is 14.0. The van der Waals surface area contributed by atoms with Gasteiger partial charge in [-0.3, -0.25) is 0 Å². The number of fused-ring (bicyclic) bond motifs is 3. The molecule has 0 spiro atoms. The van der Waals surface area contributed by atoms with Crippen molar-refractivity contribution in [2.45, 2.75) is 20.8 Å². The number of hydrogen-bond donors (Lipinski definition) is 0. The van der Waals surface area contributed by atoms with Crippen LogP contribution in [0.4, 0.5) is 0 Å². The molecule has 15 nitrogen and oxygen atoms in total. The number of aryl methyl sites for hydroxylation is 3. The zero-order valence-corrected chi connectivity index (χ0v) is 25.1. The van der Waals surface area contributed by atoms with Gasteiger partial charge in [-0.15, -0.1) is 0 Å². The third-order valence-electron chi connectivity index (χ3n) is 7.73. The van der Waals surface area contributed by atoms with Crippen LogP contribution in [0.3, 0.4) is 0 Å². The average Bonchev–Trinajstić information content (AvgIpc) is 3.72. The topological polar surface area (TPSA) is 172 Å². The first-order chi connectivity index (χ1) is 23.4. The molecule has 48 heavy (non-hydrogen) atoms. The maximum Gasteiger partial charge on any atom is 0.235 e. The number of hydrogen-bond acceptors (Lipinski definition) is 15. The Bertz CT molecular complexity index is 2510. The van der Waals surface area contributed by atoms with Crippen molar-refractivity contribution >= 4 is 32.9 Å². The molecule has 9 heterocycles. The van der Waals surface area contributed by atoms with Crippen molar-refractivity contribution in [1.29, 1.82) is 0 Å². The molecule has 15 heteroatoms. The van der Waals surface area contributed by atoms with Crippen molar-refractivity contribution in [1.82, 2.24) is 30.4 Å². The molecule has 11 rings (SSSR count). The van der Waals surface area contributed by atoms with E-state index < -0.39 is 0 Å². The largest absolute Gasteiger partial charge is 0.438 e. The molecule has 0 saturated carbocycles. The van der Waals surface area contributed by atoms with Gasteiger partial charge in [-0.05, 0) is 20.8 Å². The smallest absolute Gasteiger partial charge is 0.235 e. The number of ether oxygens (including phenoxy) is 6. The highest BCUT2D eigenvalue weighted by Crippen LogP contribution is 2.44. The Labute approximate surface area is 267 Å². The first-order valence-corrected chi connectivity index (χ1v) is 14.6. The van der Waals surface area contributed by atoms with Crippen LogP contribution in [-0.4, -0.2) is 30.4 Å². The number of nitrogens with zero attached hydrogens (tertiary/aromatic N) is 6. The molecule has 0 aliphatic carbocycles. The van der Waals surface area contributed by atoms with Gasteiger partial charge in [-0.1, -0.05) is 15.5 Å². The molecule has 0 amide bonds. The summed E-state index contributed by atoms with van der Waals surface area (Å²) in [6, 6.07) is 14.7. The Hall–Kier alpha value is -6.90. The fourth-order valence-corrected chi connectivity index (χ4v) is 5.66. The third kappa shape index (κ3) is 4.21. The molecule has 0 fully saturated rings. The summed E-state index contributed by atoms with van der Waals surface area (Å²) in [7, 11) is 0. The highest BCUT2D eigenvalue weighted by molar-refractivity contribution is 5.87. The molecule has 3 aliphatic rings. The van der Waals surface area contributed by atoms with E-state index in [2.05, 4.69) is 30.4 Å². The Morgan fingerprint density at radius 3 is 0.917 bits per heavy atom. The van der Waals surface area contributed by atoms with Crippen molar-refractivity contribution < 1.29 is 42.0 Å². The molecule has 6 aromatic heterocycles. The van der Waals surface area contributed by atoms with E-state index >= 15 is 0 Å². The maximum absolute atomic E-state index is 6.41. The van der Waals surface area contributed by atoms with Gasteiger partial charge in [-0.2, -0.15) is 15.0 Å². The Morgan fingerprint density at radius 1 is 0.354 bits per heavy atom. The molecule has 12 bridgehead atoms. The molecule has 2 aromatic carbocycles. The molecule has 0 saturated heterocycles. The first kappa shape index (κ1) is 26.3. The summed E-state index contributed by atoms with van der Waals surface area (Å²) < 4.78 is 54.8. The van der Waals surface area contributed by atoms with Crippen molar-refractivity contribution in [3.05, 3.63) is 71.7 Å². The van der Waals surface area contributed by atoms with Gasteiger partial charge in [0.1, 0.15) is 50.7 Å². The van der Waals surface area contributed by atoms with Crippen LogP contribution in [0.2, 0.25) is 0 Å². The molecule has 0 unspecified atom stereocenters. The van der Waals surface area contributed by atoms with E-state index in [1.165, 1.54) is 0 Å². The van der Waals surface area contributed by atoms with E-state index in [9.17, 15) is 0 Å². The van der Waals surface area contributed by atoms with Gasteiger partial charge in [0.2, 0.25) is 35.3 Å². The molecule has 0 N–H and O–H groups in total. The summed E-state index contributed by atoms with van der Waals surface area (Å²) in [5.41, 5.74) is 2.90. The lowest BCUT2D eigenvalue weighted by molar-refractivity contribution is 0.391. The van der Waals surface area contributed by atoms with Crippen molar-refractivity contribution in [3.8, 4) is 69.8 Å². The van der Waals surface area contributed by atoms with Gasteiger partial charge < -0.3 is 42.0 Å². The maximum atomic E-state index is 6.41. The number of benzene rings is 2. The zero-order chi connectivity index (χ0) is 32.1. The average molecular weight is 643 g/mol. The fourth-order valence-electron chi connectivity index (χ4n) is 5.66. The third-order valence-corrected chi connectivity index (χ3v) is 7.73. The second kappa shape index (κ2) is 9.56. The Kier molecular flexibility index (Phi) is 5.24. The molecule has 0 radical (unpaired) electrons. The normalized spacial score (nSPS) is 13.1. The van der Waals surface area contributed by atoms with Crippen LogP contribution < -0.4 is 28.4 Å². The summed E-state index contributed by atoms with van der Waals surface area (Å²) in [6.07, 6.45) is 0. The van der Waals surface area contributed by atoms with Gasteiger partial charge in [-0.25, -0.2) is 0 Å². The van der Waals surface area contributed by atoms with E-state index in [1.54, 1.807) is 75.4 Å². The molecule has 0 atom stereocenters. The molecule has 234 valence electrons. The van der Waals surface area contributed by atoms with E-state index in [0.29, 0.717) is 67.2 Å². The van der Waals surface area contributed by atoms with Crippen LogP contribution in [0.1, 0.15) is 17.1 Å². The number of aromatic nitrogens is 6. The van der Waals surface area contributed by atoms with Crippen molar-refractivity contribution in [2.75, 3.05) is 0 Å². The lowest BCUT2D eigenvalue weighted by Gasteiger charge is -2.16. The van der Waals surface area contributed by atoms with Gasteiger partial charge in [0.15, 0.2) is 16.7 Å². The van der Waals surface area contributed by atoms with Crippen molar-refractivity contribution in [2.24, 2.45) is 0 Å². The van der Waals surface area contributed by atoms with Crippen molar-refractivity contribution in [3.63, 3.8) is 0 Å². The predicted octanol–water partition coefficient (Wildman–Crippen LogP) is 8.60. The molecular weight excluding hydrogens is 624 g/mol. The van der Waals surface area contributed by atoms with E-state index in [-0.39, 0.29) is 52.5 Å². The minimum Gasteiger partial charge on any atom is -0.438 e. The molecular formula is C33H18N6O9. The monoisotopic (exact) mass is 642 g/mol. The summed E-state index contributed by atoms with van der Waals surface area (Å²) >= 11 is 0. The zero-order valence-electron chi connectivity index (χ0n) is 25.1. The Balaban J connectivity index is 1.29. The summed E-state index contributed by atoms with van der Waals surface area (Å²) in [4.78, 5) is 14.0. The van der Waals surface area contributed by atoms with Crippen LogP contribution in [-0.2, 0) is 0 Å². The van der Waals surface area contributed by atoms with Crippen LogP contribution in [0, 0.1) is 20.8 Å². The lowest BCUT2D eigenvalue weighted by atomic mass is 10.2. The van der Waals surface area contributed by atoms with E-state index in [0.717, 1.165) is 0 Å². The van der Waals surface area contributed by atoms with Crippen LogP contribution in [0.15, 0.2) is 68.2 Å². The molecule has 3 aliphatic heterocycles. The lowest BCUT2D eigenvalue weighted by Crippen LogP contribution is -1.99. The SMILES string of the molecule is Cc1noc2cc3nc(c12)Oc1cc2cc(c1)Oc1cc4onc(C)c4c(n1)Oc1cc(cc(c1)Oc1nc(cc4onc(C)c14)O2)O3. The second-order valence-electron chi connectivity index (χ2n) is 11.1. The standard InChI is InChI=1S/C33H18N6O9/c1-13-28-24(48-37-13)12-27-36-31(28)43-19-5-16-4-17(6-19)41-26-11-23-30(15(3)39-47-23)33(35-26)45-21-8-18(42-27)7-20(9-21)44-32-29-14(2)38-46-22(29)10-25(34-32)40-16/h4-12H,1-3H3. The fraction of sp³-hybridized carbons (Fsp3) is 0.0909. The van der Waals surface area contributed by atoms with Crippen LogP contribution in [0.5, 0.6) is 69.8 Å². The quantitative estimate of drug-likeness (QED) is 0.154. The first-order valence-electron chi connectivity index (χ1n) is 14.6. The highest BCUT2D eigenvalue weighted by atomic mass is 16.5. The van der Waals surface area contributed by atoms with Gasteiger partial charge >= 0.3 is 0 Å². The van der Waals surface area contributed by atoms with Crippen LogP contribution >= 0.6 is 0 Å². The van der Waals surface area contributed by atoms with Crippen LogP contribution in [0.25, 0.3) is 32.9 Å². The highest BCUT2D eigenvalue weighted by Gasteiger charge is 2.24. The van der Waals surface area contributed by atoms with Gasteiger partial charge in [0, 0.05) is 54.6 Å². The van der Waals surface area contributed by atoms with Gasteiger partial charge in [0.25, 0.3) is 0 Å². The molecule has 8 aromatic rings. The summed E-state index contributed by atoms with van der Waals surface area (Å²) in [6.45, 7) is 5.35. The second-order valence-corrected chi connectivity index (χ2v) is 11.1. The van der Waals surface area contributed by atoms with Gasteiger partial charge in [0.05, 0.1) is 17.1 Å². The van der Waals surface area contributed by atoms with E-state index in [4.69, 9.17) is 42.0 Å². The Morgan fingerprint density at radius 2 is 0.625 bits per heavy atom. The van der Waals surface area contributed by atoms with E-state index in [1.807, 2.05) is 0 Å². The number of pyridine rings is 3. The minimum absolute atomic E-state index is 0.148. The minimum atomic E-state index is 0.148. The summed E-state index contributed by atoms with van der Waals surface area (Å²) in [5.74, 6) is 2.69. The predicted molar refractivity (Wildman–Crippen MR) is 163 cm³/mol. The number of rotatable bonds is 0.